The molecule has 0 amide bonds. The van der Waals surface area contributed by atoms with Gasteiger partial charge in [0.1, 0.15) is 0 Å². The second-order valence-corrected chi connectivity index (χ2v) is 4.47. The third-order valence-electron chi connectivity index (χ3n) is 3.27. The van der Waals surface area contributed by atoms with E-state index in [-0.39, 0.29) is 0 Å². The third kappa shape index (κ3) is 1.72. The summed E-state index contributed by atoms with van der Waals surface area (Å²) in [5.41, 5.74) is 10.3. The van der Waals surface area contributed by atoms with E-state index < -0.39 is 0 Å². The summed E-state index contributed by atoms with van der Waals surface area (Å²) in [5.74, 6) is 0. The van der Waals surface area contributed by atoms with Gasteiger partial charge < -0.3 is 5.73 Å². The van der Waals surface area contributed by atoms with Crippen LogP contribution in [0, 0.1) is 6.92 Å². The van der Waals surface area contributed by atoms with Crippen LogP contribution in [0.5, 0.6) is 0 Å². The van der Waals surface area contributed by atoms with E-state index in [1.54, 1.807) is 0 Å². The van der Waals surface area contributed by atoms with Crippen molar-refractivity contribution in [2.75, 3.05) is 5.73 Å². The fourth-order valence-electron chi connectivity index (χ4n) is 2.18. The molecule has 0 radical (unpaired) electrons. The van der Waals surface area contributed by atoms with Gasteiger partial charge in [-0.1, -0.05) is 30.3 Å². The van der Waals surface area contributed by atoms with Crippen LogP contribution in [-0.2, 0) is 0 Å². The fourth-order valence-corrected chi connectivity index (χ4v) is 2.18. The summed E-state index contributed by atoms with van der Waals surface area (Å²) in [6.07, 6.45) is 3.71. The Hall–Kier alpha value is -2.35. The van der Waals surface area contributed by atoms with E-state index in [9.17, 15) is 0 Å². The largest absolute Gasteiger partial charge is 0.398 e. The lowest BCUT2D eigenvalue weighted by Gasteiger charge is -2.08. The molecular formula is C16H14N2. The maximum atomic E-state index is 5.99. The molecule has 1 heterocycles. The lowest BCUT2D eigenvalue weighted by atomic mass is 9.98. The van der Waals surface area contributed by atoms with E-state index in [1.807, 2.05) is 31.5 Å². The first-order chi connectivity index (χ1) is 8.75. The Balaban J connectivity index is 2.28. The number of fused-ring (bicyclic) bond motifs is 1. The van der Waals surface area contributed by atoms with E-state index >= 15 is 0 Å². The Morgan fingerprint density at radius 3 is 2.78 bits per heavy atom. The van der Waals surface area contributed by atoms with Crippen LogP contribution in [-0.4, -0.2) is 4.98 Å². The molecule has 88 valence electrons. The van der Waals surface area contributed by atoms with Gasteiger partial charge in [-0.25, -0.2) is 0 Å². The summed E-state index contributed by atoms with van der Waals surface area (Å²) >= 11 is 0. The highest BCUT2D eigenvalue weighted by Gasteiger charge is 2.04. The number of nitrogens with zero attached hydrogens (tertiary/aromatic N) is 1. The summed E-state index contributed by atoms with van der Waals surface area (Å²) < 4.78 is 0. The van der Waals surface area contributed by atoms with Crippen LogP contribution in [0.2, 0.25) is 0 Å². The van der Waals surface area contributed by atoms with Gasteiger partial charge in [0.15, 0.2) is 0 Å². The average Bonchev–Trinajstić information content (AvgIpc) is 2.41. The summed E-state index contributed by atoms with van der Waals surface area (Å²) in [6.45, 7) is 2.02. The molecule has 2 N–H and O–H groups in total. The summed E-state index contributed by atoms with van der Waals surface area (Å²) in [7, 11) is 0. The second-order valence-electron chi connectivity index (χ2n) is 4.47. The van der Waals surface area contributed by atoms with E-state index in [2.05, 4.69) is 35.3 Å². The van der Waals surface area contributed by atoms with Crippen LogP contribution in [0.15, 0.2) is 54.9 Å². The Morgan fingerprint density at radius 2 is 1.94 bits per heavy atom. The zero-order valence-corrected chi connectivity index (χ0v) is 10.2. The predicted molar refractivity (Wildman–Crippen MR) is 76.3 cm³/mol. The summed E-state index contributed by atoms with van der Waals surface area (Å²) in [4.78, 5) is 4.15. The monoisotopic (exact) mass is 234 g/mol. The van der Waals surface area contributed by atoms with Gasteiger partial charge in [0, 0.05) is 23.5 Å². The quantitative estimate of drug-likeness (QED) is 0.650. The SMILES string of the molecule is Cc1ccc(-c2cccc3cnccc23)cc1N. The van der Waals surface area contributed by atoms with Crippen LogP contribution >= 0.6 is 0 Å². The molecule has 0 atom stereocenters. The molecule has 1 aromatic heterocycles. The molecule has 0 aliphatic heterocycles. The molecule has 0 saturated heterocycles. The van der Waals surface area contributed by atoms with Gasteiger partial charge in [-0.15, -0.1) is 0 Å². The van der Waals surface area contributed by atoms with Crippen LogP contribution < -0.4 is 5.73 Å². The van der Waals surface area contributed by atoms with Gasteiger partial charge in [-0.05, 0) is 41.1 Å². The number of hydrogen-bond donors (Lipinski definition) is 1. The number of hydrogen-bond acceptors (Lipinski definition) is 2. The smallest absolute Gasteiger partial charge is 0.0349 e. The van der Waals surface area contributed by atoms with Crippen molar-refractivity contribution in [3.63, 3.8) is 0 Å². The minimum Gasteiger partial charge on any atom is -0.398 e. The number of benzene rings is 2. The van der Waals surface area contributed by atoms with Crippen molar-refractivity contribution in [1.29, 1.82) is 0 Å². The van der Waals surface area contributed by atoms with Crippen molar-refractivity contribution >= 4 is 16.5 Å². The molecular weight excluding hydrogens is 220 g/mol. The molecule has 0 spiro atoms. The van der Waals surface area contributed by atoms with Crippen LogP contribution in [0.1, 0.15) is 5.56 Å². The van der Waals surface area contributed by atoms with Gasteiger partial charge in [-0.3, -0.25) is 4.98 Å². The first-order valence-electron chi connectivity index (χ1n) is 5.95. The van der Waals surface area contributed by atoms with Crippen molar-refractivity contribution in [2.24, 2.45) is 0 Å². The maximum Gasteiger partial charge on any atom is 0.0349 e. The zero-order valence-electron chi connectivity index (χ0n) is 10.2. The summed E-state index contributed by atoms with van der Waals surface area (Å²) in [6, 6.07) is 14.5. The lowest BCUT2D eigenvalue weighted by Crippen LogP contribution is -1.90. The van der Waals surface area contributed by atoms with Gasteiger partial charge in [-0.2, -0.15) is 0 Å². The lowest BCUT2D eigenvalue weighted by molar-refractivity contribution is 1.36. The molecule has 0 bridgehead atoms. The molecule has 3 rings (SSSR count). The summed E-state index contributed by atoms with van der Waals surface area (Å²) in [5, 5.41) is 2.35. The van der Waals surface area contributed by atoms with E-state index in [0.717, 1.165) is 22.2 Å². The minimum atomic E-state index is 0.832. The number of pyridine rings is 1. The van der Waals surface area contributed by atoms with Crippen LogP contribution in [0.4, 0.5) is 5.69 Å². The normalized spacial score (nSPS) is 10.7. The highest BCUT2D eigenvalue weighted by molar-refractivity contribution is 5.96. The molecule has 2 aromatic carbocycles. The van der Waals surface area contributed by atoms with Crippen LogP contribution in [0.25, 0.3) is 21.9 Å². The highest BCUT2D eigenvalue weighted by atomic mass is 14.6. The van der Waals surface area contributed by atoms with E-state index in [1.165, 1.54) is 10.9 Å². The Kier molecular flexibility index (Phi) is 2.49. The van der Waals surface area contributed by atoms with Gasteiger partial charge in [0.25, 0.3) is 0 Å². The number of nitrogen functional groups attached to an aromatic ring is 1. The Morgan fingerprint density at radius 1 is 1.06 bits per heavy atom. The third-order valence-corrected chi connectivity index (χ3v) is 3.27. The number of aryl methyl sites for hydroxylation is 1. The molecule has 0 saturated carbocycles. The van der Waals surface area contributed by atoms with Crippen molar-refractivity contribution in [3.05, 3.63) is 60.4 Å². The van der Waals surface area contributed by atoms with Crippen molar-refractivity contribution < 1.29 is 0 Å². The van der Waals surface area contributed by atoms with Crippen LogP contribution in [0.3, 0.4) is 0 Å². The van der Waals surface area contributed by atoms with Gasteiger partial charge >= 0.3 is 0 Å². The van der Waals surface area contributed by atoms with E-state index in [0.29, 0.717) is 0 Å². The van der Waals surface area contributed by atoms with Crippen molar-refractivity contribution in [2.45, 2.75) is 6.92 Å². The Labute approximate surface area is 106 Å². The molecule has 0 aliphatic carbocycles. The average molecular weight is 234 g/mol. The highest BCUT2D eigenvalue weighted by Crippen LogP contribution is 2.29. The number of anilines is 1. The number of aromatic nitrogens is 1. The molecule has 18 heavy (non-hydrogen) atoms. The molecule has 0 aliphatic rings. The van der Waals surface area contributed by atoms with Crippen molar-refractivity contribution in [3.8, 4) is 11.1 Å². The first-order valence-corrected chi connectivity index (χ1v) is 5.95. The topological polar surface area (TPSA) is 38.9 Å². The first kappa shape index (κ1) is 10.8. The Bertz CT molecular complexity index is 712. The number of nitrogens with two attached hydrogens (primary N) is 1. The molecule has 0 unspecified atom stereocenters. The van der Waals surface area contributed by atoms with Crippen molar-refractivity contribution in [1.82, 2.24) is 4.98 Å². The van der Waals surface area contributed by atoms with Gasteiger partial charge in [0.05, 0.1) is 0 Å². The standard InChI is InChI=1S/C16H14N2/c1-11-5-6-12(9-16(11)17)14-4-2-3-13-10-18-8-7-15(13)14/h2-10H,17H2,1H3. The van der Waals surface area contributed by atoms with E-state index in [4.69, 9.17) is 5.73 Å². The molecule has 2 nitrogen and oxygen atoms in total. The minimum absolute atomic E-state index is 0.832. The number of rotatable bonds is 1. The molecule has 2 heteroatoms. The van der Waals surface area contributed by atoms with Gasteiger partial charge in [0.2, 0.25) is 0 Å². The zero-order chi connectivity index (χ0) is 12.5. The maximum absolute atomic E-state index is 5.99. The molecule has 0 fully saturated rings. The fraction of sp³-hybridized carbons (Fsp3) is 0.0625. The second kappa shape index (κ2) is 4.15. The predicted octanol–water partition coefficient (Wildman–Crippen LogP) is 3.79. The molecule has 3 aromatic rings.